The monoisotopic (exact) mass is 472 g/mol. The minimum absolute atomic E-state index is 0.0138. The van der Waals surface area contributed by atoms with Gasteiger partial charge in [0, 0.05) is 34.7 Å². The molecule has 0 aliphatic heterocycles. The lowest BCUT2D eigenvalue weighted by Crippen LogP contribution is -2.22. The van der Waals surface area contributed by atoms with Crippen molar-refractivity contribution in [3.63, 3.8) is 0 Å². The molecule has 11 heteroatoms. The van der Waals surface area contributed by atoms with Gasteiger partial charge in [-0.15, -0.1) is 0 Å². The Morgan fingerprint density at radius 1 is 1.42 bits per heavy atom. The number of allylic oxidation sites excluding steroid dienone is 1. The van der Waals surface area contributed by atoms with E-state index in [1.807, 2.05) is 6.92 Å². The van der Waals surface area contributed by atoms with Crippen molar-refractivity contribution in [3.05, 3.63) is 28.2 Å². The Morgan fingerprint density at radius 2 is 2.13 bits per heavy atom. The van der Waals surface area contributed by atoms with Gasteiger partial charge in [0.2, 0.25) is 6.41 Å². The Hall–Kier alpha value is -1.58. The first kappa shape index (κ1) is 27.5. The van der Waals surface area contributed by atoms with E-state index in [1.54, 1.807) is 20.0 Å². The van der Waals surface area contributed by atoms with Crippen molar-refractivity contribution in [1.29, 1.82) is 0 Å². The summed E-state index contributed by atoms with van der Waals surface area (Å²) in [5.74, 6) is 0.747. The van der Waals surface area contributed by atoms with Crippen molar-refractivity contribution in [2.75, 3.05) is 12.3 Å². The Labute approximate surface area is 189 Å². The molecule has 0 fully saturated rings. The second-order valence-electron chi connectivity index (χ2n) is 7.07. The predicted molar refractivity (Wildman–Crippen MR) is 123 cm³/mol. The van der Waals surface area contributed by atoms with Gasteiger partial charge < -0.3 is 24.9 Å². The molecule has 4 N–H and O–H groups in total. The maximum atomic E-state index is 12.9. The topological polar surface area (TPSA) is 139 Å². The van der Waals surface area contributed by atoms with E-state index >= 15 is 0 Å². The molecule has 0 aromatic carbocycles. The summed E-state index contributed by atoms with van der Waals surface area (Å²) >= 11 is 1.09. The highest BCUT2D eigenvalue weighted by molar-refractivity contribution is 8.17. The third-order valence-electron chi connectivity index (χ3n) is 4.81. The molecule has 9 nitrogen and oxygen atoms in total. The molecule has 1 aromatic heterocycles. The SMILES string of the molecule is CCCCC(CC)C(=O)S/C(CCOP(O)O)=C(/C)N(C=O)Cc1cnc(C)nc1N. The van der Waals surface area contributed by atoms with Crippen LogP contribution >= 0.6 is 20.4 Å². The third-order valence-corrected chi connectivity index (χ3v) is 6.51. The second-order valence-corrected chi connectivity index (χ2v) is 8.94. The van der Waals surface area contributed by atoms with Gasteiger partial charge in [-0.2, -0.15) is 0 Å². The van der Waals surface area contributed by atoms with Crippen molar-refractivity contribution >= 4 is 37.7 Å². The molecule has 1 unspecified atom stereocenters. The first-order chi connectivity index (χ1) is 14.7. The molecule has 31 heavy (non-hydrogen) atoms. The number of hydrogen-bond donors (Lipinski definition) is 3. The third kappa shape index (κ3) is 9.62. The normalized spacial score (nSPS) is 13.1. The van der Waals surface area contributed by atoms with E-state index < -0.39 is 8.60 Å². The van der Waals surface area contributed by atoms with E-state index in [9.17, 15) is 9.59 Å². The summed E-state index contributed by atoms with van der Waals surface area (Å²) in [6, 6.07) is 0. The molecule has 0 aliphatic rings. The van der Waals surface area contributed by atoms with Crippen LogP contribution in [0.4, 0.5) is 5.82 Å². The molecule has 0 saturated carbocycles. The number of nitrogen functional groups attached to an aromatic ring is 1. The zero-order valence-electron chi connectivity index (χ0n) is 18.6. The van der Waals surface area contributed by atoms with Gasteiger partial charge in [-0.25, -0.2) is 9.97 Å². The number of unbranched alkanes of at least 4 members (excludes halogenated alkanes) is 1. The molecule has 0 radical (unpaired) electrons. The molecule has 1 atom stereocenters. The van der Waals surface area contributed by atoms with Gasteiger partial charge in [-0.3, -0.25) is 9.59 Å². The van der Waals surface area contributed by atoms with Gasteiger partial charge in [0.1, 0.15) is 11.6 Å². The molecule has 0 aliphatic carbocycles. The highest BCUT2D eigenvalue weighted by Gasteiger charge is 2.22. The number of rotatable bonds is 14. The summed E-state index contributed by atoms with van der Waals surface area (Å²) < 4.78 is 4.89. The summed E-state index contributed by atoms with van der Waals surface area (Å²) in [7, 11) is -2.49. The van der Waals surface area contributed by atoms with Crippen LogP contribution in [0, 0.1) is 12.8 Å². The lowest BCUT2D eigenvalue weighted by atomic mass is 10.0. The molecule has 1 amide bonds. The van der Waals surface area contributed by atoms with Crippen LogP contribution in [-0.4, -0.2) is 42.8 Å². The van der Waals surface area contributed by atoms with Crippen LogP contribution in [0.3, 0.4) is 0 Å². The van der Waals surface area contributed by atoms with Crippen LogP contribution in [0.5, 0.6) is 0 Å². The molecule has 1 heterocycles. The van der Waals surface area contributed by atoms with Crippen LogP contribution in [0.1, 0.15) is 64.3 Å². The van der Waals surface area contributed by atoms with E-state index in [-0.39, 0.29) is 36.4 Å². The number of aromatic nitrogens is 2. The lowest BCUT2D eigenvalue weighted by Gasteiger charge is -2.23. The van der Waals surface area contributed by atoms with Crippen molar-refractivity contribution < 1.29 is 23.9 Å². The van der Waals surface area contributed by atoms with E-state index in [1.165, 1.54) is 4.90 Å². The van der Waals surface area contributed by atoms with E-state index in [0.29, 0.717) is 28.4 Å². The molecule has 0 spiro atoms. The van der Waals surface area contributed by atoms with Gasteiger partial charge in [0.15, 0.2) is 5.12 Å². The maximum absolute atomic E-state index is 12.9. The summed E-state index contributed by atoms with van der Waals surface area (Å²) in [4.78, 5) is 53.1. The van der Waals surface area contributed by atoms with Crippen LogP contribution in [0.25, 0.3) is 0 Å². The van der Waals surface area contributed by atoms with Gasteiger partial charge in [-0.05, 0) is 26.7 Å². The number of carbonyl (C=O) groups is 2. The van der Waals surface area contributed by atoms with Crippen LogP contribution in [0.2, 0.25) is 0 Å². The number of aryl methyl sites for hydroxylation is 1. The Kier molecular flexibility index (Phi) is 12.8. The van der Waals surface area contributed by atoms with E-state index in [2.05, 4.69) is 16.9 Å². The predicted octanol–water partition coefficient (Wildman–Crippen LogP) is 3.65. The summed E-state index contributed by atoms with van der Waals surface area (Å²) in [5, 5.41) is 0.0320. The number of thioether (sulfide) groups is 1. The number of nitrogens with zero attached hydrogens (tertiary/aromatic N) is 3. The fourth-order valence-electron chi connectivity index (χ4n) is 2.88. The van der Waals surface area contributed by atoms with Crippen LogP contribution in [0.15, 0.2) is 16.8 Å². The molecule has 0 saturated heterocycles. The number of anilines is 1. The molecule has 174 valence electrons. The van der Waals surface area contributed by atoms with Gasteiger partial charge in [-0.1, -0.05) is 38.5 Å². The van der Waals surface area contributed by atoms with Gasteiger partial charge >= 0.3 is 8.60 Å². The highest BCUT2D eigenvalue weighted by atomic mass is 32.2. The zero-order chi connectivity index (χ0) is 23.4. The molecule has 1 rings (SSSR count). The molecular weight excluding hydrogens is 439 g/mol. The lowest BCUT2D eigenvalue weighted by molar-refractivity contribution is -0.117. The fourth-order valence-corrected chi connectivity index (χ4v) is 4.28. The van der Waals surface area contributed by atoms with Crippen LogP contribution in [-0.2, 0) is 20.7 Å². The summed E-state index contributed by atoms with van der Waals surface area (Å²) in [5.41, 5.74) is 7.12. The van der Waals surface area contributed by atoms with E-state index in [4.69, 9.17) is 20.0 Å². The van der Waals surface area contributed by atoms with Crippen LogP contribution < -0.4 is 5.73 Å². The first-order valence-electron chi connectivity index (χ1n) is 10.3. The zero-order valence-corrected chi connectivity index (χ0v) is 20.3. The standard InChI is InChI=1S/C20H33N4O5PS/c1-5-7-8-16(6-2)20(26)31-18(9-10-29-30(27)28)14(3)24(13-25)12-17-11-22-15(4)23-19(17)21/h11,13,16,27-28H,5-10,12H2,1-4H3,(H2,21,22,23)/b18-14-. The highest BCUT2D eigenvalue weighted by Crippen LogP contribution is 2.33. The quantitative estimate of drug-likeness (QED) is 0.273. The Bertz CT molecular complexity index is 763. The second kappa shape index (κ2) is 14.5. The number of carbonyl (C=O) groups excluding carboxylic acids is 2. The minimum Gasteiger partial charge on any atom is -0.383 e. The van der Waals surface area contributed by atoms with Gasteiger partial charge in [0.05, 0.1) is 13.2 Å². The van der Waals surface area contributed by atoms with Crippen molar-refractivity contribution in [3.8, 4) is 0 Å². The molecule has 1 aromatic rings. The summed E-state index contributed by atoms with van der Waals surface area (Å²) in [6.07, 6.45) is 6.04. The summed E-state index contributed by atoms with van der Waals surface area (Å²) in [6.45, 7) is 7.70. The largest absolute Gasteiger partial charge is 0.383 e. The van der Waals surface area contributed by atoms with Crippen molar-refractivity contribution in [2.45, 2.75) is 66.3 Å². The molecule has 0 bridgehead atoms. The van der Waals surface area contributed by atoms with E-state index in [0.717, 1.165) is 37.4 Å². The number of amides is 1. The smallest absolute Gasteiger partial charge is 0.327 e. The average Bonchev–Trinajstić information content (AvgIpc) is 2.72. The Balaban J connectivity index is 3.11. The van der Waals surface area contributed by atoms with Crippen molar-refractivity contribution in [1.82, 2.24) is 14.9 Å². The first-order valence-corrected chi connectivity index (χ1v) is 12.2. The van der Waals surface area contributed by atoms with Crippen molar-refractivity contribution in [2.24, 2.45) is 5.92 Å². The maximum Gasteiger partial charge on any atom is 0.327 e. The number of hydrogen-bond acceptors (Lipinski definition) is 9. The minimum atomic E-state index is -2.49. The average molecular weight is 473 g/mol. The molecular formula is C20H33N4O5PS. The Morgan fingerprint density at radius 3 is 2.68 bits per heavy atom. The van der Waals surface area contributed by atoms with Gasteiger partial charge in [0.25, 0.3) is 0 Å². The number of nitrogens with two attached hydrogens (primary N) is 1. The fraction of sp³-hybridized carbons (Fsp3) is 0.600.